The van der Waals surface area contributed by atoms with Gasteiger partial charge >= 0.3 is 0 Å². The molecule has 6 heteroatoms. The first-order valence-electron chi connectivity index (χ1n) is 6.61. The summed E-state index contributed by atoms with van der Waals surface area (Å²) in [7, 11) is 0. The molecule has 0 bridgehead atoms. The Hall–Kier alpha value is -1.75. The minimum absolute atomic E-state index is 0.00668. The maximum absolute atomic E-state index is 12.0. The van der Waals surface area contributed by atoms with Crippen molar-refractivity contribution in [2.45, 2.75) is 19.8 Å². The van der Waals surface area contributed by atoms with E-state index in [1.165, 1.54) is 0 Å². The third-order valence-electron chi connectivity index (χ3n) is 3.42. The number of nitrogens with two attached hydrogens (primary N) is 1. The van der Waals surface area contributed by atoms with Crippen LogP contribution in [0.3, 0.4) is 0 Å². The maximum atomic E-state index is 12.0. The van der Waals surface area contributed by atoms with Gasteiger partial charge in [-0.05, 0) is 31.0 Å². The summed E-state index contributed by atoms with van der Waals surface area (Å²) < 4.78 is 0. The first kappa shape index (κ1) is 14.7. The quantitative estimate of drug-likeness (QED) is 0.839. The molecule has 1 aromatic rings. The topological polar surface area (TPSA) is 75.4 Å². The predicted octanol–water partition coefficient (Wildman–Crippen LogP) is 2.12. The molecule has 1 aliphatic rings. The van der Waals surface area contributed by atoms with Crippen LogP contribution >= 0.6 is 11.6 Å². The number of halogens is 1. The number of nitrogens with one attached hydrogen (secondary N) is 1. The Balaban J connectivity index is 1.98. The molecule has 1 heterocycles. The summed E-state index contributed by atoms with van der Waals surface area (Å²) in [5.74, 6) is -0.236. The van der Waals surface area contributed by atoms with Gasteiger partial charge < -0.3 is 16.0 Å². The number of likely N-dealkylation sites (tertiary alicyclic amines) is 1. The Morgan fingerprint density at radius 1 is 1.55 bits per heavy atom. The van der Waals surface area contributed by atoms with Crippen molar-refractivity contribution in [1.82, 2.24) is 4.90 Å². The van der Waals surface area contributed by atoms with E-state index < -0.39 is 0 Å². The van der Waals surface area contributed by atoms with Crippen LogP contribution in [0.2, 0.25) is 5.02 Å². The van der Waals surface area contributed by atoms with Gasteiger partial charge in [-0.3, -0.25) is 9.59 Å². The number of benzene rings is 1. The van der Waals surface area contributed by atoms with Crippen LogP contribution in [0.5, 0.6) is 0 Å². The summed E-state index contributed by atoms with van der Waals surface area (Å²) in [4.78, 5) is 25.5. The average Bonchev–Trinajstić information content (AvgIpc) is 2.39. The fraction of sp³-hybridized carbons (Fsp3) is 0.429. The number of nitrogen functional groups attached to an aromatic ring is 1. The average molecular weight is 296 g/mol. The number of nitrogens with zero attached hydrogens (tertiary/aromatic N) is 1. The van der Waals surface area contributed by atoms with Gasteiger partial charge in [0.1, 0.15) is 0 Å². The van der Waals surface area contributed by atoms with E-state index in [1.807, 2.05) is 6.92 Å². The van der Waals surface area contributed by atoms with Crippen molar-refractivity contribution < 1.29 is 9.59 Å². The Morgan fingerprint density at radius 3 is 3.05 bits per heavy atom. The number of anilines is 2. The Labute approximate surface area is 123 Å². The van der Waals surface area contributed by atoms with E-state index >= 15 is 0 Å². The fourth-order valence-electron chi connectivity index (χ4n) is 2.29. The number of amides is 2. The van der Waals surface area contributed by atoms with Crippen molar-refractivity contribution >= 4 is 34.8 Å². The van der Waals surface area contributed by atoms with Crippen molar-refractivity contribution in [1.29, 1.82) is 0 Å². The summed E-state index contributed by atoms with van der Waals surface area (Å²) in [6, 6.07) is 4.88. The molecule has 0 spiro atoms. The van der Waals surface area contributed by atoms with E-state index in [4.69, 9.17) is 17.3 Å². The molecule has 0 radical (unpaired) electrons. The maximum Gasteiger partial charge on any atom is 0.244 e. The van der Waals surface area contributed by atoms with Gasteiger partial charge in [-0.15, -0.1) is 0 Å². The molecular formula is C14H18ClN3O2. The number of carbonyl (C=O) groups excluding carboxylic acids is 2. The van der Waals surface area contributed by atoms with E-state index in [2.05, 4.69) is 5.32 Å². The van der Waals surface area contributed by atoms with Gasteiger partial charge in [0.25, 0.3) is 0 Å². The molecule has 108 valence electrons. The van der Waals surface area contributed by atoms with Crippen molar-refractivity contribution in [2.75, 3.05) is 24.1 Å². The molecular weight excluding hydrogens is 278 g/mol. The van der Waals surface area contributed by atoms with Crippen LogP contribution in [-0.2, 0) is 9.59 Å². The molecule has 2 amide bonds. The molecule has 1 unspecified atom stereocenters. The third-order valence-corrected chi connectivity index (χ3v) is 3.66. The second-order valence-corrected chi connectivity index (χ2v) is 5.52. The summed E-state index contributed by atoms with van der Waals surface area (Å²) >= 11 is 5.86. The standard InChI is InChI=1S/C14H18ClN3O2/c1-9-3-2-6-18(14(9)20)8-13(19)17-12-7-10(15)4-5-11(12)16/h4-5,7,9H,2-3,6,8,16H2,1H3,(H,17,19). The van der Waals surface area contributed by atoms with Gasteiger partial charge in [-0.2, -0.15) is 0 Å². The minimum atomic E-state index is -0.263. The van der Waals surface area contributed by atoms with E-state index in [9.17, 15) is 9.59 Å². The largest absolute Gasteiger partial charge is 0.397 e. The van der Waals surface area contributed by atoms with Crippen LogP contribution < -0.4 is 11.1 Å². The van der Waals surface area contributed by atoms with Crippen LogP contribution in [0.15, 0.2) is 18.2 Å². The van der Waals surface area contributed by atoms with Gasteiger partial charge in [0.2, 0.25) is 11.8 Å². The first-order valence-corrected chi connectivity index (χ1v) is 6.99. The second kappa shape index (κ2) is 6.13. The third kappa shape index (κ3) is 3.42. The molecule has 0 aromatic heterocycles. The van der Waals surface area contributed by atoms with Crippen LogP contribution in [0, 0.1) is 5.92 Å². The Morgan fingerprint density at radius 2 is 2.30 bits per heavy atom. The number of carbonyl (C=O) groups is 2. The highest BCUT2D eigenvalue weighted by molar-refractivity contribution is 6.31. The zero-order valence-electron chi connectivity index (χ0n) is 11.4. The lowest BCUT2D eigenvalue weighted by Gasteiger charge is -2.30. The van der Waals surface area contributed by atoms with Gasteiger partial charge in [-0.1, -0.05) is 18.5 Å². The van der Waals surface area contributed by atoms with Gasteiger partial charge in [0, 0.05) is 17.5 Å². The van der Waals surface area contributed by atoms with Crippen LogP contribution in [-0.4, -0.2) is 29.8 Å². The fourth-order valence-corrected chi connectivity index (χ4v) is 2.46. The number of piperidine rings is 1. The Kier molecular flexibility index (Phi) is 4.49. The van der Waals surface area contributed by atoms with Gasteiger partial charge in [0.05, 0.1) is 17.9 Å². The van der Waals surface area contributed by atoms with Gasteiger partial charge in [0.15, 0.2) is 0 Å². The predicted molar refractivity (Wildman–Crippen MR) is 79.5 cm³/mol. The van der Waals surface area contributed by atoms with E-state index in [0.717, 1.165) is 12.8 Å². The molecule has 1 aromatic carbocycles. The first-order chi connectivity index (χ1) is 9.47. The molecule has 2 rings (SSSR count). The van der Waals surface area contributed by atoms with Crippen LogP contribution in [0.4, 0.5) is 11.4 Å². The Bertz CT molecular complexity index is 533. The zero-order chi connectivity index (χ0) is 14.7. The summed E-state index contributed by atoms with van der Waals surface area (Å²) in [5, 5.41) is 3.19. The molecule has 5 nitrogen and oxygen atoms in total. The molecule has 0 saturated carbocycles. The highest BCUT2D eigenvalue weighted by Crippen LogP contribution is 2.23. The second-order valence-electron chi connectivity index (χ2n) is 5.08. The highest BCUT2D eigenvalue weighted by Gasteiger charge is 2.26. The normalized spacial score (nSPS) is 19.0. The van der Waals surface area contributed by atoms with E-state index in [0.29, 0.717) is 22.9 Å². The van der Waals surface area contributed by atoms with E-state index in [-0.39, 0.29) is 24.3 Å². The number of hydrogen-bond acceptors (Lipinski definition) is 3. The molecule has 3 N–H and O–H groups in total. The van der Waals surface area contributed by atoms with Crippen molar-refractivity contribution in [3.8, 4) is 0 Å². The van der Waals surface area contributed by atoms with Crippen molar-refractivity contribution in [3.05, 3.63) is 23.2 Å². The number of hydrogen-bond donors (Lipinski definition) is 2. The van der Waals surface area contributed by atoms with Crippen molar-refractivity contribution in [2.24, 2.45) is 5.92 Å². The lowest BCUT2D eigenvalue weighted by molar-refractivity contribution is -0.140. The monoisotopic (exact) mass is 295 g/mol. The summed E-state index contributed by atoms with van der Waals surface area (Å²) in [6.45, 7) is 2.57. The van der Waals surface area contributed by atoms with Crippen LogP contribution in [0.1, 0.15) is 19.8 Å². The lowest BCUT2D eigenvalue weighted by Crippen LogP contribution is -2.44. The molecule has 1 fully saturated rings. The smallest absolute Gasteiger partial charge is 0.244 e. The molecule has 1 aliphatic heterocycles. The summed E-state index contributed by atoms with van der Waals surface area (Å²) in [5.41, 5.74) is 6.68. The van der Waals surface area contributed by atoms with Crippen molar-refractivity contribution in [3.63, 3.8) is 0 Å². The molecule has 1 atom stereocenters. The molecule has 1 saturated heterocycles. The molecule has 20 heavy (non-hydrogen) atoms. The van der Waals surface area contributed by atoms with E-state index in [1.54, 1.807) is 23.1 Å². The highest BCUT2D eigenvalue weighted by atomic mass is 35.5. The lowest BCUT2D eigenvalue weighted by atomic mass is 9.99. The SMILES string of the molecule is CC1CCCN(CC(=O)Nc2cc(Cl)ccc2N)C1=O. The van der Waals surface area contributed by atoms with Crippen LogP contribution in [0.25, 0.3) is 0 Å². The minimum Gasteiger partial charge on any atom is -0.397 e. The molecule has 0 aliphatic carbocycles. The zero-order valence-corrected chi connectivity index (χ0v) is 12.1. The van der Waals surface area contributed by atoms with Gasteiger partial charge in [-0.25, -0.2) is 0 Å². The number of rotatable bonds is 3. The summed E-state index contributed by atoms with van der Waals surface area (Å²) in [6.07, 6.45) is 1.82.